The van der Waals surface area contributed by atoms with Gasteiger partial charge in [0.25, 0.3) is 5.91 Å². The van der Waals surface area contributed by atoms with E-state index in [-0.39, 0.29) is 24.1 Å². The summed E-state index contributed by atoms with van der Waals surface area (Å²) in [6.07, 6.45) is -0.128. The molecule has 0 bridgehead atoms. The summed E-state index contributed by atoms with van der Waals surface area (Å²) in [6.45, 7) is 8.13. The summed E-state index contributed by atoms with van der Waals surface area (Å²) < 4.78 is 11.2. The van der Waals surface area contributed by atoms with Gasteiger partial charge >= 0.3 is 0 Å². The molecule has 3 rings (SSSR count). The SMILES string of the molecule is Cc1noc(C)c1C(=O)N1[C@H](C)CO[C@@H](c2ccccc2)[C@@H]1C. The Hall–Kier alpha value is -2.14. The molecule has 1 saturated heterocycles. The standard InChI is InChI=1S/C18H22N2O3/c1-11-10-22-17(15-8-6-5-7-9-15)13(3)20(11)18(21)16-12(2)19-23-14(16)4/h5-9,11,13,17H,10H2,1-4H3/t11-,13+,17-/m1/s1. The van der Waals surface area contributed by atoms with Crippen LogP contribution in [0.5, 0.6) is 0 Å². The van der Waals surface area contributed by atoms with Gasteiger partial charge in [-0.05, 0) is 33.3 Å². The first-order chi connectivity index (χ1) is 11.0. The Morgan fingerprint density at radius 1 is 1.22 bits per heavy atom. The summed E-state index contributed by atoms with van der Waals surface area (Å²) in [4.78, 5) is 15.0. The van der Waals surface area contributed by atoms with Gasteiger partial charge in [-0.25, -0.2) is 0 Å². The van der Waals surface area contributed by atoms with Crippen LogP contribution in [-0.4, -0.2) is 34.7 Å². The van der Waals surface area contributed by atoms with Crippen molar-refractivity contribution in [3.8, 4) is 0 Å². The zero-order valence-electron chi connectivity index (χ0n) is 13.9. The van der Waals surface area contributed by atoms with E-state index in [0.717, 1.165) is 5.56 Å². The molecular weight excluding hydrogens is 292 g/mol. The van der Waals surface area contributed by atoms with E-state index in [4.69, 9.17) is 9.26 Å². The van der Waals surface area contributed by atoms with Gasteiger partial charge in [0, 0.05) is 0 Å². The Bertz CT molecular complexity index is 676. The van der Waals surface area contributed by atoms with E-state index in [0.29, 0.717) is 23.6 Å². The van der Waals surface area contributed by atoms with Crippen LogP contribution in [0.25, 0.3) is 0 Å². The zero-order valence-corrected chi connectivity index (χ0v) is 13.9. The molecular formula is C18H22N2O3. The number of aryl methyl sites for hydroxylation is 2. The fraction of sp³-hybridized carbons (Fsp3) is 0.444. The Kier molecular flexibility index (Phi) is 4.22. The van der Waals surface area contributed by atoms with Gasteiger partial charge in [0.1, 0.15) is 17.4 Å². The van der Waals surface area contributed by atoms with Crippen LogP contribution in [0.15, 0.2) is 34.9 Å². The number of hydrogen-bond acceptors (Lipinski definition) is 4. The number of benzene rings is 1. The van der Waals surface area contributed by atoms with Crippen molar-refractivity contribution in [1.82, 2.24) is 10.1 Å². The number of aromatic nitrogens is 1. The quantitative estimate of drug-likeness (QED) is 0.853. The third-order valence-electron chi connectivity index (χ3n) is 4.48. The maximum absolute atomic E-state index is 13.1. The monoisotopic (exact) mass is 314 g/mol. The maximum atomic E-state index is 13.1. The molecule has 0 spiro atoms. The van der Waals surface area contributed by atoms with Gasteiger partial charge in [-0.2, -0.15) is 0 Å². The van der Waals surface area contributed by atoms with Crippen LogP contribution >= 0.6 is 0 Å². The lowest BCUT2D eigenvalue weighted by Gasteiger charge is -2.43. The van der Waals surface area contributed by atoms with E-state index in [1.165, 1.54) is 0 Å². The minimum atomic E-state index is -0.128. The lowest BCUT2D eigenvalue weighted by molar-refractivity contribution is -0.0806. The highest BCUT2D eigenvalue weighted by Crippen LogP contribution is 2.32. The van der Waals surface area contributed by atoms with Gasteiger partial charge < -0.3 is 14.2 Å². The van der Waals surface area contributed by atoms with Gasteiger partial charge in [0.05, 0.1) is 24.4 Å². The summed E-state index contributed by atoms with van der Waals surface area (Å²) in [5, 5.41) is 3.91. The smallest absolute Gasteiger partial charge is 0.260 e. The molecule has 3 atom stereocenters. The van der Waals surface area contributed by atoms with E-state index < -0.39 is 0 Å². The molecule has 5 heteroatoms. The lowest BCUT2D eigenvalue weighted by Crippen LogP contribution is -2.53. The Labute approximate surface area is 136 Å². The molecule has 0 radical (unpaired) electrons. The van der Waals surface area contributed by atoms with Gasteiger partial charge in [-0.1, -0.05) is 35.5 Å². The highest BCUT2D eigenvalue weighted by atomic mass is 16.5. The molecule has 0 unspecified atom stereocenters. The normalized spacial score (nSPS) is 24.7. The summed E-state index contributed by atoms with van der Waals surface area (Å²) >= 11 is 0. The number of amides is 1. The lowest BCUT2D eigenvalue weighted by atomic mass is 9.97. The topological polar surface area (TPSA) is 55.6 Å². The first-order valence-electron chi connectivity index (χ1n) is 7.92. The van der Waals surface area contributed by atoms with Gasteiger partial charge in [-0.3, -0.25) is 4.79 Å². The van der Waals surface area contributed by atoms with E-state index in [1.54, 1.807) is 13.8 Å². The first kappa shape index (κ1) is 15.7. The minimum Gasteiger partial charge on any atom is -0.369 e. The molecule has 5 nitrogen and oxygen atoms in total. The van der Waals surface area contributed by atoms with E-state index in [9.17, 15) is 4.79 Å². The number of nitrogens with zero attached hydrogens (tertiary/aromatic N) is 2. The van der Waals surface area contributed by atoms with Crippen LogP contribution in [0.2, 0.25) is 0 Å². The number of morpholine rings is 1. The van der Waals surface area contributed by atoms with Gasteiger partial charge in [0.15, 0.2) is 0 Å². The van der Waals surface area contributed by atoms with Crippen LogP contribution in [0, 0.1) is 13.8 Å². The van der Waals surface area contributed by atoms with Crippen molar-refractivity contribution in [1.29, 1.82) is 0 Å². The summed E-state index contributed by atoms with van der Waals surface area (Å²) in [7, 11) is 0. The molecule has 0 N–H and O–H groups in total. The second-order valence-corrected chi connectivity index (χ2v) is 6.17. The molecule has 2 aromatic rings. The number of carbonyl (C=O) groups excluding carboxylic acids is 1. The van der Waals surface area contributed by atoms with Gasteiger partial charge in [0.2, 0.25) is 0 Å². The minimum absolute atomic E-state index is 0.00571. The van der Waals surface area contributed by atoms with Crippen molar-refractivity contribution in [3.05, 3.63) is 52.9 Å². The number of ether oxygens (including phenoxy) is 1. The molecule has 2 heterocycles. The third kappa shape index (κ3) is 2.77. The van der Waals surface area contributed by atoms with Crippen LogP contribution in [0.4, 0.5) is 0 Å². The largest absolute Gasteiger partial charge is 0.369 e. The average Bonchev–Trinajstić information content (AvgIpc) is 2.87. The summed E-state index contributed by atoms with van der Waals surface area (Å²) in [6, 6.07) is 9.97. The average molecular weight is 314 g/mol. The van der Waals surface area contributed by atoms with Crippen LogP contribution in [0.3, 0.4) is 0 Å². The molecule has 1 fully saturated rings. The van der Waals surface area contributed by atoms with E-state index >= 15 is 0 Å². The Morgan fingerprint density at radius 3 is 2.52 bits per heavy atom. The number of carbonyl (C=O) groups is 1. The number of hydrogen-bond donors (Lipinski definition) is 0. The molecule has 1 amide bonds. The maximum Gasteiger partial charge on any atom is 0.260 e. The van der Waals surface area contributed by atoms with Crippen molar-refractivity contribution in [3.63, 3.8) is 0 Å². The van der Waals surface area contributed by atoms with Crippen molar-refractivity contribution in [2.45, 2.75) is 45.9 Å². The Balaban J connectivity index is 1.92. The second kappa shape index (κ2) is 6.16. The van der Waals surface area contributed by atoms with Crippen molar-refractivity contribution in [2.75, 3.05) is 6.61 Å². The van der Waals surface area contributed by atoms with E-state index in [2.05, 4.69) is 5.16 Å². The fourth-order valence-electron chi connectivity index (χ4n) is 3.33. The van der Waals surface area contributed by atoms with E-state index in [1.807, 2.05) is 49.1 Å². The van der Waals surface area contributed by atoms with Crippen LogP contribution in [0.1, 0.15) is 47.3 Å². The number of rotatable bonds is 2. The molecule has 0 aliphatic carbocycles. The predicted octanol–water partition coefficient (Wildman–Crippen LogP) is 3.28. The van der Waals surface area contributed by atoms with Crippen LogP contribution < -0.4 is 0 Å². The predicted molar refractivity (Wildman–Crippen MR) is 86.2 cm³/mol. The molecule has 1 aromatic heterocycles. The molecule has 122 valence electrons. The summed E-state index contributed by atoms with van der Waals surface area (Å²) in [5.41, 5.74) is 2.29. The summed E-state index contributed by atoms with van der Waals surface area (Å²) in [5.74, 6) is 0.528. The zero-order chi connectivity index (χ0) is 16.6. The highest BCUT2D eigenvalue weighted by Gasteiger charge is 2.39. The van der Waals surface area contributed by atoms with Crippen molar-refractivity contribution in [2.24, 2.45) is 0 Å². The molecule has 23 heavy (non-hydrogen) atoms. The molecule has 1 aliphatic heterocycles. The second-order valence-electron chi connectivity index (χ2n) is 6.17. The molecule has 1 aromatic carbocycles. The van der Waals surface area contributed by atoms with Crippen molar-refractivity contribution < 1.29 is 14.1 Å². The molecule has 1 aliphatic rings. The van der Waals surface area contributed by atoms with Crippen molar-refractivity contribution >= 4 is 5.91 Å². The first-order valence-corrected chi connectivity index (χ1v) is 7.92. The van der Waals surface area contributed by atoms with Gasteiger partial charge in [-0.15, -0.1) is 0 Å². The van der Waals surface area contributed by atoms with Crippen LogP contribution in [-0.2, 0) is 4.74 Å². The fourth-order valence-corrected chi connectivity index (χ4v) is 3.33. The Morgan fingerprint density at radius 2 is 1.91 bits per heavy atom. The molecule has 0 saturated carbocycles. The third-order valence-corrected chi connectivity index (χ3v) is 4.48. The highest BCUT2D eigenvalue weighted by molar-refractivity contribution is 5.96.